The molecule has 4 fully saturated rings. The predicted molar refractivity (Wildman–Crippen MR) is 378 cm³/mol. The Kier molecular flexibility index (Phi) is 14.5. The highest BCUT2D eigenvalue weighted by molar-refractivity contribution is 5.99. The van der Waals surface area contributed by atoms with Crippen molar-refractivity contribution in [3.8, 4) is 0 Å². The normalized spacial score (nSPS) is 37.7. The van der Waals surface area contributed by atoms with Crippen LogP contribution in [0.2, 0.25) is 0 Å². The number of hydrogen-bond donors (Lipinski definition) is 15. The third-order valence-electron chi connectivity index (χ3n) is 13.8. The summed E-state index contributed by atoms with van der Waals surface area (Å²) < 4.78 is 249. The minimum absolute atomic E-state index is 0.0408. The Hall–Kier alpha value is -7.52. The van der Waals surface area contributed by atoms with Crippen molar-refractivity contribution in [1.29, 1.82) is 0 Å². The number of anilines is 8. The van der Waals surface area contributed by atoms with Crippen molar-refractivity contribution in [1.82, 2.24) is 39.9 Å². The van der Waals surface area contributed by atoms with Crippen molar-refractivity contribution >= 4 is 70.7 Å². The number of carbonyl (C=O) groups excluding carboxylic acids is 4. The molecule has 27 heteroatoms. The summed E-state index contributed by atoms with van der Waals surface area (Å²) in [6.45, 7) is 9.80. The van der Waals surface area contributed by atoms with Gasteiger partial charge in [-0.05, 0) is 210 Å². The Labute approximate surface area is 607 Å². The lowest BCUT2D eigenvalue weighted by atomic mass is 9.75. The summed E-state index contributed by atoms with van der Waals surface area (Å²) in [5.74, 6) is -12.3. The van der Waals surface area contributed by atoms with Gasteiger partial charge in [-0.25, -0.2) is 19.9 Å². The maximum absolute atomic E-state index is 12.0. The van der Waals surface area contributed by atoms with Crippen LogP contribution in [0.4, 0.5) is 47.1 Å². The van der Waals surface area contributed by atoms with E-state index in [0.29, 0.717) is 38.0 Å². The zero-order valence-corrected chi connectivity index (χ0v) is 56.2. The van der Waals surface area contributed by atoms with E-state index in [9.17, 15) is 34.5 Å². The van der Waals surface area contributed by atoms with Crippen LogP contribution in [0.15, 0.2) is 24.8 Å². The van der Waals surface area contributed by atoms with Crippen molar-refractivity contribution in [3.63, 3.8) is 0 Å². The molecule has 12 atom stereocenters. The average Bonchev–Trinajstić information content (AvgIpc) is 0.648. The molecule has 4 aromatic heterocycles. The number of nitrogens with zero attached hydrogens (tertiary/aromatic N) is 8. The summed E-state index contributed by atoms with van der Waals surface area (Å²) >= 11 is 0. The maximum atomic E-state index is 12.0. The second-order valence-electron chi connectivity index (χ2n) is 27.4. The minimum atomic E-state index is -3.85. The number of primary amides is 4. The number of aliphatic hydroxyl groups is 3. The Morgan fingerprint density at radius 1 is 0.474 bits per heavy atom. The first kappa shape index (κ1) is 43.6. The summed E-state index contributed by atoms with van der Waals surface area (Å²) in [4.78, 5) is 80.1. The molecular formula is C68H116N20O7. The zero-order chi connectivity index (χ0) is 98.5. The van der Waals surface area contributed by atoms with Gasteiger partial charge in [0.25, 0.3) is 23.6 Å². The molecule has 6 unspecified atom stereocenters. The number of aromatic nitrogens is 8. The van der Waals surface area contributed by atoms with Gasteiger partial charge in [0.15, 0.2) is 0 Å². The second-order valence-corrected chi connectivity index (χ2v) is 27.4. The number of nitrogens with one attached hydrogen (secondary N) is 8. The fourth-order valence-corrected chi connectivity index (χ4v) is 9.03. The lowest BCUT2D eigenvalue weighted by Gasteiger charge is -2.39. The van der Waals surface area contributed by atoms with Gasteiger partial charge in [-0.15, -0.1) is 0 Å². The van der Waals surface area contributed by atoms with E-state index in [1.54, 1.807) is 20.8 Å². The molecule has 4 amide bonds. The molecular weight excluding hydrogens is 1210 g/mol. The summed E-state index contributed by atoms with van der Waals surface area (Å²) in [7, 11) is 0. The summed E-state index contributed by atoms with van der Waals surface area (Å²) in [5.41, 5.74) is 9.33. The number of amides is 4. The molecule has 0 aromatic carbocycles. The predicted octanol–water partition coefficient (Wildman–Crippen LogP) is 9.43. The van der Waals surface area contributed by atoms with Crippen molar-refractivity contribution < 1.29 is 77.0 Å². The lowest BCUT2D eigenvalue weighted by Crippen LogP contribution is -2.44. The third kappa shape index (κ3) is 24.9. The van der Waals surface area contributed by atoms with Gasteiger partial charge in [-0.3, -0.25) is 19.2 Å². The molecule has 0 radical (unpaired) electrons. The highest BCUT2D eigenvalue weighted by Crippen LogP contribution is 2.38. The van der Waals surface area contributed by atoms with Crippen LogP contribution in [-0.4, -0.2) is 142 Å². The minimum Gasteiger partial charge on any atom is -0.390 e. The molecule has 95 heavy (non-hydrogen) atoms. The van der Waals surface area contributed by atoms with Gasteiger partial charge >= 0.3 is 0 Å². The molecule has 0 bridgehead atoms. The monoisotopic (exact) mass is 1360 g/mol. The van der Waals surface area contributed by atoms with E-state index in [1.807, 2.05) is 48.5 Å². The van der Waals surface area contributed by atoms with Crippen LogP contribution in [0.1, 0.15) is 299 Å². The molecule has 0 spiro atoms. The topological polar surface area (TPSA) is 432 Å². The maximum Gasteiger partial charge on any atom is 0.254 e. The van der Waals surface area contributed by atoms with E-state index in [2.05, 4.69) is 82.4 Å². The number of carbonyl (C=O) groups is 4. The van der Waals surface area contributed by atoms with Crippen molar-refractivity contribution in [3.05, 3.63) is 47.0 Å². The molecule has 0 saturated heterocycles. The fraction of sp³-hybridized carbons (Fsp3) is 0.706. The Morgan fingerprint density at radius 3 is 1.15 bits per heavy atom. The summed E-state index contributed by atoms with van der Waals surface area (Å²) in [5, 5.41) is 55.2. The van der Waals surface area contributed by atoms with Crippen LogP contribution in [-0.2, 0) is 0 Å². The highest BCUT2D eigenvalue weighted by atomic mass is 16.3. The quantitative estimate of drug-likeness (QED) is 0.0496. The second kappa shape index (κ2) is 31.6. The summed E-state index contributed by atoms with van der Waals surface area (Å²) in [6, 6.07) is -6.47. The van der Waals surface area contributed by atoms with Crippen LogP contribution in [0, 0.1) is 29.6 Å². The molecule has 27 nitrogen and oxygen atoms in total. The van der Waals surface area contributed by atoms with Gasteiger partial charge in [0.1, 0.15) is 23.3 Å². The van der Waals surface area contributed by atoms with Gasteiger partial charge < -0.3 is 80.8 Å². The largest absolute Gasteiger partial charge is 0.390 e. The SMILES string of the molecule is [2H]C([2H])([2H])C1CCC(Nc2nc(NC(C)(C)C)ncc2C(N)=O)CC1C.[2H]C([2H])([2H])[C@@H]1C([2H])([2H])CC(Nc2nc(NC(C)(C)C([2H])([2H])[2H])ncc2C(N)=O)C([2H])([2H])[C@@]1(C)O.[2H]C([2H])([2H])[C@@H]1C([2H])([2H])CC(Nc2nc(NC(C)(C)C)ncc2C(N)=O)C([2H])([2H])[C@@]1(C)O.[2H]C1([2H])C([2H])(Nc2nc(NC(C)(C)C)ncc2C(N)=O)C([2H])([2H])[C@@](C)(O)[C@@]([2H])(C([2H])([2H])[2H])C1([2H])[2H]. The van der Waals surface area contributed by atoms with E-state index in [1.165, 1.54) is 20.0 Å². The van der Waals surface area contributed by atoms with E-state index >= 15 is 0 Å². The number of nitrogens with two attached hydrogens (primary N) is 4. The van der Waals surface area contributed by atoms with E-state index in [0.717, 1.165) is 32.4 Å². The fourth-order valence-electron chi connectivity index (χ4n) is 9.03. The van der Waals surface area contributed by atoms with Crippen molar-refractivity contribution in [2.24, 2.45) is 52.5 Å². The van der Waals surface area contributed by atoms with E-state index in [-0.39, 0.29) is 69.6 Å². The van der Waals surface area contributed by atoms with Crippen molar-refractivity contribution in [2.75, 3.05) is 42.5 Å². The van der Waals surface area contributed by atoms with Crippen molar-refractivity contribution in [2.45, 2.75) is 278 Å². The van der Waals surface area contributed by atoms with Crippen LogP contribution in [0.25, 0.3) is 0 Å². The highest BCUT2D eigenvalue weighted by Gasteiger charge is 2.39. The van der Waals surface area contributed by atoms with Crippen LogP contribution < -0.4 is 65.5 Å². The van der Waals surface area contributed by atoms with Gasteiger partial charge in [0, 0.05) is 112 Å². The van der Waals surface area contributed by atoms with Gasteiger partial charge in [-0.2, -0.15) is 19.9 Å². The Bertz CT molecular complexity index is 4580. The van der Waals surface area contributed by atoms with Crippen LogP contribution in [0.5, 0.6) is 0 Å². The van der Waals surface area contributed by atoms with Gasteiger partial charge in [0.2, 0.25) is 23.8 Å². The number of hydrogen-bond acceptors (Lipinski definition) is 23. The molecule has 4 heterocycles. The number of rotatable bonds is 16. The molecule has 8 rings (SSSR count). The van der Waals surface area contributed by atoms with E-state index < -0.39 is 196 Å². The third-order valence-corrected chi connectivity index (χ3v) is 13.8. The average molecular weight is 1360 g/mol. The molecule has 4 aromatic rings. The van der Waals surface area contributed by atoms with Crippen LogP contribution in [0.3, 0.4) is 0 Å². The molecule has 19 N–H and O–H groups in total. The first-order valence-corrected chi connectivity index (χ1v) is 30.3. The molecule has 4 saturated carbocycles. The smallest absolute Gasteiger partial charge is 0.254 e. The van der Waals surface area contributed by atoms with E-state index in [4.69, 9.17) is 65.4 Å². The molecule has 4 aliphatic rings. The standard InChI is InChI=1S/3C17H29N5O2.C17H29N5O/c3*1-10-6-7-11(8-17(10,5)24)20-14-12(13(18)23)9-19-15(21-14)22-16(2,3)4;1-10-6-7-12(8-11(10)2)20-15-13(14(18)23)9-19-16(21-15)22-17(3,4)5/h3*9-11,24H,6-8H2,1-5H3,(H2,18,23)(H2,19,20,21,22);9-12H,6-8H2,1-5H3,(H2,18,23)(H2,19,20,21,22)/t10-,11?,17+;2*10-,11?,17-;/m011./s1/i1D3,6D2,7D2,8D2,10D,11D;1D3,2D3,6D2,8D2;1D3,6D2,8D2;1D3. The molecule has 0 aliphatic heterocycles. The molecule has 4 aliphatic carbocycles. The first-order valence-electron chi connectivity index (χ1n) is 45.8. The zero-order valence-electron chi connectivity index (χ0n) is 87.2. The van der Waals surface area contributed by atoms with Crippen LogP contribution >= 0.6 is 0 Å². The molecule has 530 valence electrons. The van der Waals surface area contributed by atoms with Gasteiger partial charge in [0.05, 0.1) is 40.4 Å². The Balaban J connectivity index is 0.000000300. The first-order chi connectivity index (χ1) is 55.7. The van der Waals surface area contributed by atoms with Gasteiger partial charge in [-0.1, -0.05) is 34.3 Å². The summed E-state index contributed by atoms with van der Waals surface area (Å²) in [6.07, 6.45) is -16.4. The lowest BCUT2D eigenvalue weighted by molar-refractivity contribution is -0.0281. The Morgan fingerprint density at radius 2 is 0.832 bits per heavy atom.